The van der Waals surface area contributed by atoms with E-state index in [9.17, 15) is 0 Å². The molecular formula is C23H44N2Si. The van der Waals surface area contributed by atoms with Crippen LogP contribution in [0.25, 0.3) is 0 Å². The summed E-state index contributed by atoms with van der Waals surface area (Å²) in [5.41, 5.74) is 1.39. The van der Waals surface area contributed by atoms with Crippen molar-refractivity contribution in [2.45, 2.75) is 90.0 Å². The summed E-state index contributed by atoms with van der Waals surface area (Å²) in [4.78, 5) is 0. The first kappa shape index (κ1) is 23.4. The molecule has 0 aliphatic heterocycles. The number of rotatable bonds is 19. The maximum absolute atomic E-state index is 3.55. The molecule has 3 heteroatoms. The van der Waals surface area contributed by atoms with Crippen LogP contribution in [0.2, 0.25) is 0 Å². The SMILES string of the molecule is [SiH3]CNCCCCCCCCCCCCCCCNCc1ccccc1. The van der Waals surface area contributed by atoms with E-state index in [1.165, 1.54) is 112 Å². The first-order valence-corrected chi connectivity index (χ1v) is 12.8. The first-order valence-electron chi connectivity index (χ1n) is 11.4. The van der Waals surface area contributed by atoms with Gasteiger partial charge in [0.15, 0.2) is 0 Å². The molecule has 0 saturated carbocycles. The monoisotopic (exact) mass is 376 g/mol. The Balaban J connectivity index is 1.68. The topological polar surface area (TPSA) is 24.1 Å². The van der Waals surface area contributed by atoms with Crippen LogP contribution in [0.15, 0.2) is 30.3 Å². The molecule has 0 heterocycles. The van der Waals surface area contributed by atoms with E-state index in [0.29, 0.717) is 0 Å². The molecule has 1 rings (SSSR count). The van der Waals surface area contributed by atoms with Crippen molar-refractivity contribution in [3.05, 3.63) is 35.9 Å². The maximum atomic E-state index is 3.55. The highest BCUT2D eigenvalue weighted by atomic mass is 28.1. The molecule has 1 aromatic carbocycles. The molecule has 0 aliphatic carbocycles. The van der Waals surface area contributed by atoms with E-state index < -0.39 is 0 Å². The summed E-state index contributed by atoms with van der Waals surface area (Å²) in [6, 6.07) is 10.7. The van der Waals surface area contributed by atoms with Gasteiger partial charge in [0.2, 0.25) is 0 Å². The Morgan fingerprint density at radius 3 is 1.42 bits per heavy atom. The van der Waals surface area contributed by atoms with Gasteiger partial charge in [0.25, 0.3) is 0 Å². The van der Waals surface area contributed by atoms with Gasteiger partial charge in [-0.25, -0.2) is 0 Å². The van der Waals surface area contributed by atoms with Crippen LogP contribution in [0, 0.1) is 0 Å². The van der Waals surface area contributed by atoms with Crippen molar-refractivity contribution in [1.29, 1.82) is 0 Å². The molecule has 0 amide bonds. The molecule has 0 fully saturated rings. The van der Waals surface area contributed by atoms with Gasteiger partial charge in [0, 0.05) is 16.8 Å². The van der Waals surface area contributed by atoms with Crippen molar-refractivity contribution in [2.24, 2.45) is 0 Å². The van der Waals surface area contributed by atoms with Crippen molar-refractivity contribution in [1.82, 2.24) is 10.6 Å². The summed E-state index contributed by atoms with van der Waals surface area (Å²) in [6.45, 7) is 3.41. The summed E-state index contributed by atoms with van der Waals surface area (Å²) in [7, 11) is 1.29. The minimum Gasteiger partial charge on any atom is -0.320 e. The van der Waals surface area contributed by atoms with Crippen LogP contribution in [0.5, 0.6) is 0 Å². The van der Waals surface area contributed by atoms with Crippen molar-refractivity contribution < 1.29 is 0 Å². The largest absolute Gasteiger partial charge is 0.320 e. The molecule has 0 aliphatic rings. The molecule has 0 aromatic heterocycles. The molecule has 2 N–H and O–H groups in total. The first-order chi connectivity index (χ1) is 12.9. The van der Waals surface area contributed by atoms with E-state index >= 15 is 0 Å². The fourth-order valence-electron chi connectivity index (χ4n) is 3.45. The van der Waals surface area contributed by atoms with Gasteiger partial charge in [-0.05, 0) is 37.7 Å². The summed E-state index contributed by atoms with van der Waals surface area (Å²) in [5.74, 6) is 0. The maximum Gasteiger partial charge on any atom is 0.0205 e. The van der Waals surface area contributed by atoms with Gasteiger partial charge in [0.1, 0.15) is 0 Å². The van der Waals surface area contributed by atoms with Gasteiger partial charge >= 0.3 is 0 Å². The lowest BCUT2D eigenvalue weighted by Crippen LogP contribution is -2.16. The number of unbranched alkanes of at least 4 members (excludes halogenated alkanes) is 12. The number of benzene rings is 1. The van der Waals surface area contributed by atoms with Gasteiger partial charge in [-0.2, -0.15) is 0 Å². The van der Waals surface area contributed by atoms with Crippen LogP contribution < -0.4 is 10.6 Å². The predicted molar refractivity (Wildman–Crippen MR) is 121 cm³/mol. The highest BCUT2D eigenvalue weighted by Crippen LogP contribution is 2.12. The lowest BCUT2D eigenvalue weighted by atomic mass is 10.0. The second-order valence-electron chi connectivity index (χ2n) is 7.61. The van der Waals surface area contributed by atoms with E-state index in [-0.39, 0.29) is 0 Å². The zero-order valence-electron chi connectivity index (χ0n) is 17.4. The van der Waals surface area contributed by atoms with Crippen LogP contribution in [0.4, 0.5) is 0 Å². The third-order valence-corrected chi connectivity index (χ3v) is 5.63. The van der Waals surface area contributed by atoms with E-state index in [0.717, 1.165) is 13.1 Å². The second-order valence-corrected chi connectivity index (χ2v) is 8.32. The molecule has 0 saturated heterocycles. The number of hydrogen-bond acceptors (Lipinski definition) is 2. The summed E-state index contributed by atoms with van der Waals surface area (Å²) in [6.07, 6.45) is 19.8. The van der Waals surface area contributed by atoms with Gasteiger partial charge < -0.3 is 10.6 Å². The smallest absolute Gasteiger partial charge is 0.0205 e. The fraction of sp³-hybridized carbons (Fsp3) is 0.739. The van der Waals surface area contributed by atoms with Crippen LogP contribution >= 0.6 is 0 Å². The fourth-order valence-corrected chi connectivity index (χ4v) is 3.80. The minimum absolute atomic E-state index is 1.01. The average molecular weight is 377 g/mol. The van der Waals surface area contributed by atoms with Gasteiger partial charge in [-0.15, -0.1) is 0 Å². The standard InChI is InChI=1S/C23H44N2Si/c26-22-25-20-16-11-9-7-5-3-1-2-4-6-8-10-15-19-24-21-23-17-13-12-14-18-23/h12-14,17-18,24-25H,1-11,15-16,19-22H2,26H3. The highest BCUT2D eigenvalue weighted by molar-refractivity contribution is 6.08. The summed E-state index contributed by atoms with van der Waals surface area (Å²) >= 11 is 0. The van der Waals surface area contributed by atoms with E-state index in [1.807, 2.05) is 0 Å². The molecule has 0 spiro atoms. The summed E-state index contributed by atoms with van der Waals surface area (Å²) in [5, 5.41) is 7.01. The normalized spacial score (nSPS) is 11.2. The molecule has 1 aromatic rings. The van der Waals surface area contributed by atoms with Crippen LogP contribution in [-0.2, 0) is 6.54 Å². The van der Waals surface area contributed by atoms with E-state index in [1.54, 1.807) is 0 Å². The van der Waals surface area contributed by atoms with E-state index in [4.69, 9.17) is 0 Å². The minimum atomic E-state index is 1.01. The predicted octanol–water partition coefficient (Wildman–Crippen LogP) is 4.76. The van der Waals surface area contributed by atoms with E-state index in [2.05, 4.69) is 41.0 Å². The third-order valence-electron chi connectivity index (χ3n) is 5.13. The zero-order valence-corrected chi connectivity index (χ0v) is 19.4. The number of nitrogens with one attached hydrogen (secondary N) is 2. The van der Waals surface area contributed by atoms with Crippen molar-refractivity contribution in [3.8, 4) is 0 Å². The second kappa shape index (κ2) is 19.1. The molecular weight excluding hydrogens is 332 g/mol. The van der Waals surface area contributed by atoms with Gasteiger partial charge in [-0.3, -0.25) is 0 Å². The molecule has 0 bridgehead atoms. The Bertz CT molecular complexity index is 383. The Labute approximate surface area is 166 Å². The van der Waals surface area contributed by atoms with Crippen molar-refractivity contribution >= 4 is 10.2 Å². The molecule has 26 heavy (non-hydrogen) atoms. The van der Waals surface area contributed by atoms with Gasteiger partial charge in [0.05, 0.1) is 0 Å². The molecule has 0 unspecified atom stereocenters. The Hall–Kier alpha value is -0.643. The van der Waals surface area contributed by atoms with Crippen LogP contribution in [0.1, 0.15) is 89.0 Å². The van der Waals surface area contributed by atoms with Gasteiger partial charge in [-0.1, -0.05) is 101 Å². The lowest BCUT2D eigenvalue weighted by Gasteiger charge is -2.05. The van der Waals surface area contributed by atoms with Crippen molar-refractivity contribution in [3.63, 3.8) is 0 Å². The lowest BCUT2D eigenvalue weighted by molar-refractivity contribution is 0.528. The highest BCUT2D eigenvalue weighted by Gasteiger charge is 1.95. The Morgan fingerprint density at radius 1 is 0.538 bits per heavy atom. The average Bonchev–Trinajstić information content (AvgIpc) is 2.68. The van der Waals surface area contributed by atoms with Crippen LogP contribution in [0.3, 0.4) is 0 Å². The zero-order chi connectivity index (χ0) is 18.5. The Morgan fingerprint density at radius 2 is 0.962 bits per heavy atom. The van der Waals surface area contributed by atoms with Crippen LogP contribution in [-0.4, -0.2) is 29.5 Å². The quantitative estimate of drug-likeness (QED) is 0.269. The van der Waals surface area contributed by atoms with Crippen molar-refractivity contribution in [2.75, 3.05) is 19.3 Å². The summed E-state index contributed by atoms with van der Waals surface area (Å²) < 4.78 is 0. The Kier molecular flexibility index (Phi) is 17.2. The molecule has 150 valence electrons. The molecule has 0 atom stereocenters. The third kappa shape index (κ3) is 15.6. The number of hydrogen-bond donors (Lipinski definition) is 2. The molecule has 0 radical (unpaired) electrons. The molecule has 2 nitrogen and oxygen atoms in total.